The third-order valence-electron chi connectivity index (χ3n) is 1.52. The predicted molar refractivity (Wildman–Crippen MR) is 38.2 cm³/mol. The quantitative estimate of drug-likeness (QED) is 0.559. The molecule has 1 unspecified atom stereocenters. The zero-order valence-electron chi connectivity index (χ0n) is 6.58. The Morgan fingerprint density at radius 3 is 2.64 bits per heavy atom. The number of nitrogens with zero attached hydrogens (tertiary/aromatic N) is 2. The summed E-state index contributed by atoms with van der Waals surface area (Å²) in [5.74, 6) is -0.838. The minimum atomic E-state index is -4.73. The molecule has 14 heavy (non-hydrogen) atoms. The number of nitro groups is 1. The third kappa shape index (κ3) is 1.82. The van der Waals surface area contributed by atoms with E-state index in [9.17, 15) is 23.3 Å². The minimum Gasteiger partial charge on any atom is -0.358 e. The fraction of sp³-hybridized carbons (Fsp3) is 0.400. The van der Waals surface area contributed by atoms with Crippen molar-refractivity contribution in [2.24, 2.45) is 5.73 Å². The number of nitrogens with one attached hydrogen (secondary N) is 1. The Hall–Kier alpha value is -1.64. The molecule has 0 saturated heterocycles. The van der Waals surface area contributed by atoms with Crippen LogP contribution < -0.4 is 5.73 Å². The summed E-state index contributed by atoms with van der Waals surface area (Å²) >= 11 is 0. The second-order valence-electron chi connectivity index (χ2n) is 2.45. The van der Waals surface area contributed by atoms with E-state index >= 15 is 0 Å². The smallest absolute Gasteiger partial charge is 0.358 e. The van der Waals surface area contributed by atoms with E-state index in [4.69, 9.17) is 5.73 Å². The molecule has 1 heterocycles. The van der Waals surface area contributed by atoms with Crippen molar-refractivity contribution >= 4 is 5.82 Å². The Morgan fingerprint density at radius 2 is 2.21 bits per heavy atom. The Balaban J connectivity index is 3.07. The molecule has 0 bridgehead atoms. The van der Waals surface area contributed by atoms with Gasteiger partial charge >= 0.3 is 12.0 Å². The summed E-state index contributed by atoms with van der Waals surface area (Å²) in [5, 5.41) is 15.2. The molecule has 1 atom stereocenters. The van der Waals surface area contributed by atoms with Crippen LogP contribution in [-0.2, 0) is 0 Å². The molecule has 0 radical (unpaired) electrons. The standard InChI is InChI=1S/C5H5F3N4O2/c6-5(7,8)3(9)2-1-10-11-4(2)12(13)14/h1,3H,9H2,(H,10,11). The first-order valence-electron chi connectivity index (χ1n) is 3.34. The van der Waals surface area contributed by atoms with Gasteiger partial charge in [-0.25, -0.2) is 0 Å². The van der Waals surface area contributed by atoms with Gasteiger partial charge in [0.15, 0.2) is 0 Å². The van der Waals surface area contributed by atoms with E-state index in [-0.39, 0.29) is 0 Å². The van der Waals surface area contributed by atoms with Gasteiger partial charge in [0.05, 0.1) is 11.8 Å². The summed E-state index contributed by atoms with van der Waals surface area (Å²) < 4.78 is 36.2. The van der Waals surface area contributed by atoms with E-state index in [2.05, 4.69) is 5.10 Å². The molecule has 9 heteroatoms. The normalized spacial score (nSPS) is 14.0. The molecular weight excluding hydrogens is 205 g/mol. The zero-order chi connectivity index (χ0) is 10.9. The molecule has 0 spiro atoms. The molecule has 1 aromatic rings. The van der Waals surface area contributed by atoms with Crippen molar-refractivity contribution in [3.8, 4) is 0 Å². The Morgan fingerprint density at radius 1 is 1.64 bits per heavy atom. The van der Waals surface area contributed by atoms with Gasteiger partial charge in [-0.3, -0.25) is 0 Å². The van der Waals surface area contributed by atoms with Gasteiger partial charge < -0.3 is 15.8 Å². The number of rotatable bonds is 2. The molecule has 3 N–H and O–H groups in total. The van der Waals surface area contributed by atoms with E-state index in [1.807, 2.05) is 5.10 Å². The lowest BCUT2D eigenvalue weighted by Crippen LogP contribution is -2.28. The van der Waals surface area contributed by atoms with E-state index in [1.165, 1.54) is 0 Å². The summed E-state index contributed by atoms with van der Waals surface area (Å²) in [7, 11) is 0. The molecule has 1 rings (SSSR count). The first-order chi connectivity index (χ1) is 6.34. The van der Waals surface area contributed by atoms with Gasteiger partial charge in [-0.15, -0.1) is 5.10 Å². The summed E-state index contributed by atoms with van der Waals surface area (Å²) in [6, 6.07) is -2.40. The lowest BCUT2D eigenvalue weighted by atomic mass is 10.1. The second kappa shape index (κ2) is 3.25. The maximum atomic E-state index is 12.1. The fourth-order valence-electron chi connectivity index (χ4n) is 0.839. The lowest BCUT2D eigenvalue weighted by Gasteiger charge is -2.12. The van der Waals surface area contributed by atoms with Crippen LogP contribution in [0, 0.1) is 10.1 Å². The molecule has 0 aliphatic rings. The van der Waals surface area contributed by atoms with Crippen LogP contribution in [0.4, 0.5) is 19.0 Å². The highest BCUT2D eigenvalue weighted by molar-refractivity contribution is 5.33. The van der Waals surface area contributed by atoms with Crippen LogP contribution in [0.15, 0.2) is 6.20 Å². The minimum absolute atomic E-state index is 0.678. The number of H-pyrrole nitrogens is 1. The summed E-state index contributed by atoms with van der Waals surface area (Å²) in [4.78, 5) is 9.22. The highest BCUT2D eigenvalue weighted by atomic mass is 19.4. The van der Waals surface area contributed by atoms with Crippen molar-refractivity contribution in [1.82, 2.24) is 10.2 Å². The molecular formula is C5H5F3N4O2. The Bertz CT molecular complexity index is 347. The van der Waals surface area contributed by atoms with Crippen molar-refractivity contribution in [2.75, 3.05) is 0 Å². The van der Waals surface area contributed by atoms with Crippen LogP contribution in [0.25, 0.3) is 0 Å². The molecule has 1 aromatic heterocycles. The Labute approximate surface area is 75.0 Å². The van der Waals surface area contributed by atoms with Crippen LogP contribution in [0.1, 0.15) is 11.6 Å². The van der Waals surface area contributed by atoms with Gasteiger partial charge in [-0.1, -0.05) is 5.10 Å². The van der Waals surface area contributed by atoms with Gasteiger partial charge in [0.1, 0.15) is 6.04 Å². The van der Waals surface area contributed by atoms with Crippen molar-refractivity contribution < 1.29 is 18.1 Å². The number of nitrogens with two attached hydrogens (primary N) is 1. The van der Waals surface area contributed by atoms with Crippen molar-refractivity contribution in [1.29, 1.82) is 0 Å². The average molecular weight is 210 g/mol. The number of hydrogen-bond donors (Lipinski definition) is 2. The monoisotopic (exact) mass is 210 g/mol. The molecule has 6 nitrogen and oxygen atoms in total. The maximum Gasteiger partial charge on any atom is 0.408 e. The van der Waals surface area contributed by atoms with Crippen molar-refractivity contribution in [2.45, 2.75) is 12.2 Å². The van der Waals surface area contributed by atoms with Gasteiger partial charge in [-0.05, 0) is 4.92 Å². The summed E-state index contributed by atoms with van der Waals surface area (Å²) in [5.41, 5.74) is 4.09. The molecule has 0 fully saturated rings. The largest absolute Gasteiger partial charge is 0.408 e. The second-order valence-corrected chi connectivity index (χ2v) is 2.45. The molecule has 0 aromatic carbocycles. The number of aromatic amines is 1. The highest BCUT2D eigenvalue weighted by Crippen LogP contribution is 2.33. The zero-order valence-corrected chi connectivity index (χ0v) is 6.58. The fourth-order valence-corrected chi connectivity index (χ4v) is 0.839. The predicted octanol–water partition coefficient (Wildman–Crippen LogP) is 0.880. The SMILES string of the molecule is NC(c1cn[nH]c1[N+](=O)[O-])C(F)(F)F. The van der Waals surface area contributed by atoms with Gasteiger partial charge in [-0.2, -0.15) is 13.2 Å². The molecule has 0 aliphatic heterocycles. The maximum absolute atomic E-state index is 12.1. The number of aromatic nitrogens is 2. The van der Waals surface area contributed by atoms with Gasteiger partial charge in [0, 0.05) is 0 Å². The van der Waals surface area contributed by atoms with Crippen LogP contribution in [0.3, 0.4) is 0 Å². The third-order valence-corrected chi connectivity index (χ3v) is 1.52. The van der Waals surface area contributed by atoms with Crippen LogP contribution in [0.5, 0.6) is 0 Å². The summed E-state index contributed by atoms with van der Waals surface area (Å²) in [6.45, 7) is 0. The van der Waals surface area contributed by atoms with E-state index in [0.717, 1.165) is 0 Å². The number of alkyl halides is 3. The van der Waals surface area contributed by atoms with Crippen LogP contribution in [0.2, 0.25) is 0 Å². The number of hydrogen-bond acceptors (Lipinski definition) is 4. The van der Waals surface area contributed by atoms with Crippen LogP contribution in [-0.4, -0.2) is 21.3 Å². The van der Waals surface area contributed by atoms with Crippen LogP contribution >= 0.6 is 0 Å². The topological polar surface area (TPSA) is 97.8 Å². The summed E-state index contributed by atoms with van der Waals surface area (Å²) in [6.07, 6.45) is -4.04. The molecule has 0 amide bonds. The first kappa shape index (κ1) is 10.4. The van der Waals surface area contributed by atoms with E-state index in [0.29, 0.717) is 6.20 Å². The first-order valence-corrected chi connectivity index (χ1v) is 3.34. The van der Waals surface area contributed by atoms with E-state index < -0.39 is 28.5 Å². The highest BCUT2D eigenvalue weighted by Gasteiger charge is 2.42. The number of halogens is 3. The van der Waals surface area contributed by atoms with Crippen molar-refractivity contribution in [3.05, 3.63) is 21.9 Å². The molecule has 78 valence electrons. The van der Waals surface area contributed by atoms with Crippen molar-refractivity contribution in [3.63, 3.8) is 0 Å². The van der Waals surface area contributed by atoms with Gasteiger partial charge in [0.2, 0.25) is 0 Å². The lowest BCUT2D eigenvalue weighted by molar-refractivity contribution is -0.390. The Kier molecular flexibility index (Phi) is 2.43. The average Bonchev–Trinajstić information content (AvgIpc) is 2.48. The molecule has 0 saturated carbocycles. The van der Waals surface area contributed by atoms with Gasteiger partial charge in [0.25, 0.3) is 0 Å². The van der Waals surface area contributed by atoms with E-state index in [1.54, 1.807) is 0 Å². The molecule has 0 aliphatic carbocycles.